The lowest BCUT2D eigenvalue weighted by Gasteiger charge is -2.11. The predicted molar refractivity (Wildman–Crippen MR) is 48.5 cm³/mol. The highest BCUT2D eigenvalue weighted by Crippen LogP contribution is 2.54. The Bertz CT molecular complexity index is 232. The van der Waals surface area contributed by atoms with Crippen LogP contribution in [0.4, 0.5) is 0 Å². The van der Waals surface area contributed by atoms with Crippen molar-refractivity contribution < 1.29 is 14.2 Å². The van der Waals surface area contributed by atoms with Crippen LogP contribution < -0.4 is 0 Å². The van der Waals surface area contributed by atoms with Crippen molar-refractivity contribution in [2.24, 2.45) is 0 Å². The third-order valence-electron chi connectivity index (χ3n) is 1.77. The number of aliphatic hydroxyl groups is 1. The van der Waals surface area contributed by atoms with E-state index in [-0.39, 0.29) is 6.61 Å². The van der Waals surface area contributed by atoms with E-state index < -0.39 is 13.5 Å². The molecule has 0 aromatic heterocycles. The standard InChI is InChI=1S/C8H15O3P/c1-7-3-4-12(10,6-7)11-5-8(2)9/h6,8-9H,3-5H2,1-2H3. The van der Waals surface area contributed by atoms with Gasteiger partial charge >= 0.3 is 0 Å². The Morgan fingerprint density at radius 1 is 1.83 bits per heavy atom. The minimum absolute atomic E-state index is 0.168. The maximum absolute atomic E-state index is 11.7. The lowest BCUT2D eigenvalue weighted by atomic mass is 10.3. The van der Waals surface area contributed by atoms with Crippen LogP contribution in [0.1, 0.15) is 20.3 Å². The molecule has 0 aromatic rings. The van der Waals surface area contributed by atoms with Crippen LogP contribution in [0.2, 0.25) is 0 Å². The summed E-state index contributed by atoms with van der Waals surface area (Å²) in [6, 6.07) is 0. The lowest BCUT2D eigenvalue weighted by molar-refractivity contribution is 0.125. The van der Waals surface area contributed by atoms with Gasteiger partial charge in [-0.3, -0.25) is 4.57 Å². The van der Waals surface area contributed by atoms with Gasteiger partial charge in [-0.25, -0.2) is 0 Å². The van der Waals surface area contributed by atoms with Crippen molar-refractivity contribution in [1.29, 1.82) is 0 Å². The highest BCUT2D eigenvalue weighted by molar-refractivity contribution is 7.62. The van der Waals surface area contributed by atoms with E-state index in [4.69, 9.17) is 9.63 Å². The van der Waals surface area contributed by atoms with Gasteiger partial charge in [0.25, 0.3) is 0 Å². The molecule has 0 bridgehead atoms. The first-order chi connectivity index (χ1) is 5.52. The molecule has 70 valence electrons. The molecule has 3 nitrogen and oxygen atoms in total. The lowest BCUT2D eigenvalue weighted by Crippen LogP contribution is -2.08. The van der Waals surface area contributed by atoms with Gasteiger partial charge in [0.15, 0.2) is 0 Å². The zero-order valence-corrected chi connectivity index (χ0v) is 8.38. The summed E-state index contributed by atoms with van der Waals surface area (Å²) in [5.74, 6) is 1.72. The van der Waals surface area contributed by atoms with Gasteiger partial charge in [0.2, 0.25) is 7.37 Å². The highest BCUT2D eigenvalue weighted by Gasteiger charge is 2.25. The molecule has 2 unspecified atom stereocenters. The van der Waals surface area contributed by atoms with E-state index in [0.29, 0.717) is 6.16 Å². The number of allylic oxidation sites excluding steroid dienone is 1. The number of hydrogen-bond acceptors (Lipinski definition) is 3. The minimum Gasteiger partial charge on any atom is -0.391 e. The van der Waals surface area contributed by atoms with E-state index in [0.717, 1.165) is 12.0 Å². The Balaban J connectivity index is 2.47. The maximum Gasteiger partial charge on any atom is 0.225 e. The first-order valence-corrected chi connectivity index (χ1v) is 5.99. The van der Waals surface area contributed by atoms with Crippen molar-refractivity contribution >= 4 is 7.37 Å². The van der Waals surface area contributed by atoms with Gasteiger partial charge in [0.1, 0.15) is 0 Å². The molecule has 1 rings (SSSR count). The van der Waals surface area contributed by atoms with E-state index in [1.54, 1.807) is 12.7 Å². The Morgan fingerprint density at radius 2 is 2.50 bits per heavy atom. The van der Waals surface area contributed by atoms with Crippen molar-refractivity contribution in [3.05, 3.63) is 11.4 Å². The van der Waals surface area contributed by atoms with Crippen LogP contribution in [0.15, 0.2) is 11.4 Å². The summed E-state index contributed by atoms with van der Waals surface area (Å²) < 4.78 is 16.9. The molecular weight excluding hydrogens is 175 g/mol. The van der Waals surface area contributed by atoms with Crippen molar-refractivity contribution in [1.82, 2.24) is 0 Å². The first-order valence-electron chi connectivity index (χ1n) is 4.11. The third kappa shape index (κ3) is 2.74. The van der Waals surface area contributed by atoms with Crippen molar-refractivity contribution in [3.63, 3.8) is 0 Å². The summed E-state index contributed by atoms with van der Waals surface area (Å²) in [6.45, 7) is 3.74. The van der Waals surface area contributed by atoms with Crippen LogP contribution in [-0.4, -0.2) is 24.0 Å². The van der Waals surface area contributed by atoms with Gasteiger partial charge in [-0.2, -0.15) is 0 Å². The molecule has 0 spiro atoms. The average molecular weight is 190 g/mol. The zero-order valence-electron chi connectivity index (χ0n) is 7.49. The summed E-state index contributed by atoms with van der Waals surface area (Å²) in [7, 11) is -2.50. The Labute approximate surface area is 72.9 Å². The summed E-state index contributed by atoms with van der Waals surface area (Å²) in [5.41, 5.74) is 1.13. The van der Waals surface area contributed by atoms with Gasteiger partial charge in [0.05, 0.1) is 12.7 Å². The predicted octanol–water partition coefficient (Wildman–Crippen LogP) is 1.97. The molecule has 1 aliphatic rings. The molecule has 12 heavy (non-hydrogen) atoms. The van der Waals surface area contributed by atoms with E-state index in [9.17, 15) is 4.57 Å². The van der Waals surface area contributed by atoms with Crippen LogP contribution in [-0.2, 0) is 9.09 Å². The molecule has 0 aromatic carbocycles. The Hall–Kier alpha value is -0.110. The minimum atomic E-state index is -2.50. The summed E-state index contributed by atoms with van der Waals surface area (Å²) >= 11 is 0. The van der Waals surface area contributed by atoms with E-state index in [2.05, 4.69) is 0 Å². The fourth-order valence-electron chi connectivity index (χ4n) is 1.13. The highest BCUT2D eigenvalue weighted by atomic mass is 31.2. The van der Waals surface area contributed by atoms with Crippen LogP contribution in [0.3, 0.4) is 0 Å². The number of rotatable bonds is 3. The molecule has 2 atom stereocenters. The molecule has 1 N–H and O–H groups in total. The number of aliphatic hydroxyl groups excluding tert-OH is 1. The maximum atomic E-state index is 11.7. The van der Waals surface area contributed by atoms with E-state index in [1.807, 2.05) is 6.92 Å². The normalized spacial score (nSPS) is 31.8. The topological polar surface area (TPSA) is 46.5 Å². The average Bonchev–Trinajstić information content (AvgIpc) is 2.29. The SMILES string of the molecule is CC1=CP(=O)(OCC(C)O)CC1. The van der Waals surface area contributed by atoms with Gasteiger partial charge in [0, 0.05) is 6.16 Å². The molecule has 1 aliphatic heterocycles. The summed E-state index contributed by atoms with van der Waals surface area (Å²) in [5, 5.41) is 8.93. The van der Waals surface area contributed by atoms with Gasteiger partial charge < -0.3 is 9.63 Å². The van der Waals surface area contributed by atoms with Crippen LogP contribution >= 0.6 is 7.37 Å². The summed E-state index contributed by atoms with van der Waals surface area (Å²) in [6.07, 6.45) is 0.924. The molecule has 1 heterocycles. The molecular formula is C8H15O3P. The quantitative estimate of drug-likeness (QED) is 0.692. The molecule has 0 aliphatic carbocycles. The van der Waals surface area contributed by atoms with Gasteiger partial charge in [-0.15, -0.1) is 0 Å². The van der Waals surface area contributed by atoms with E-state index in [1.165, 1.54) is 0 Å². The first kappa shape index (κ1) is 9.97. The smallest absolute Gasteiger partial charge is 0.225 e. The van der Waals surface area contributed by atoms with E-state index >= 15 is 0 Å². The van der Waals surface area contributed by atoms with Gasteiger partial charge in [-0.1, -0.05) is 5.57 Å². The number of hydrogen-bond donors (Lipinski definition) is 1. The Kier molecular flexibility index (Phi) is 3.10. The van der Waals surface area contributed by atoms with Crippen LogP contribution in [0, 0.1) is 0 Å². The molecule has 0 radical (unpaired) electrons. The molecule has 4 heteroatoms. The van der Waals surface area contributed by atoms with Crippen LogP contribution in [0.5, 0.6) is 0 Å². The second kappa shape index (κ2) is 3.73. The van der Waals surface area contributed by atoms with Crippen LogP contribution in [0.25, 0.3) is 0 Å². The molecule has 0 saturated carbocycles. The molecule has 0 amide bonds. The van der Waals surface area contributed by atoms with Crippen molar-refractivity contribution in [2.75, 3.05) is 12.8 Å². The largest absolute Gasteiger partial charge is 0.391 e. The fraction of sp³-hybridized carbons (Fsp3) is 0.750. The van der Waals surface area contributed by atoms with Crippen molar-refractivity contribution in [3.8, 4) is 0 Å². The second-order valence-electron chi connectivity index (χ2n) is 3.32. The Morgan fingerprint density at radius 3 is 2.92 bits per heavy atom. The second-order valence-corrected chi connectivity index (χ2v) is 5.74. The fourth-order valence-corrected chi connectivity index (χ4v) is 3.40. The molecule has 0 saturated heterocycles. The zero-order chi connectivity index (χ0) is 9.19. The molecule has 0 fully saturated rings. The monoisotopic (exact) mass is 190 g/mol. The third-order valence-corrected chi connectivity index (χ3v) is 4.04. The summed E-state index contributed by atoms with van der Waals surface area (Å²) in [4.78, 5) is 0. The van der Waals surface area contributed by atoms with Crippen molar-refractivity contribution in [2.45, 2.75) is 26.4 Å². The van der Waals surface area contributed by atoms with Gasteiger partial charge in [-0.05, 0) is 26.1 Å².